The Morgan fingerprint density at radius 1 is 1.33 bits per heavy atom. The highest BCUT2D eigenvalue weighted by atomic mass is 127. The monoisotopic (exact) mass is 527 g/mol. The summed E-state index contributed by atoms with van der Waals surface area (Å²) in [6.45, 7) is 5.43. The molecule has 0 bridgehead atoms. The Morgan fingerprint density at radius 2 is 2.10 bits per heavy atom. The third kappa shape index (κ3) is 6.46. The van der Waals surface area contributed by atoms with Crippen LogP contribution in [0.5, 0.6) is 0 Å². The molecule has 0 amide bonds. The number of aryl methyl sites for hydroxylation is 1. The van der Waals surface area contributed by atoms with E-state index in [0.717, 1.165) is 32.1 Å². The van der Waals surface area contributed by atoms with Crippen LogP contribution in [0.15, 0.2) is 45.8 Å². The first-order chi connectivity index (χ1) is 14.1. The van der Waals surface area contributed by atoms with Crippen molar-refractivity contribution in [2.24, 2.45) is 10.9 Å². The van der Waals surface area contributed by atoms with Crippen LogP contribution < -0.4 is 5.32 Å². The zero-order valence-corrected chi connectivity index (χ0v) is 20.1. The second-order valence-corrected chi connectivity index (χ2v) is 7.18. The van der Waals surface area contributed by atoms with Gasteiger partial charge in [-0.2, -0.15) is 0 Å². The molecule has 164 valence electrons. The van der Waals surface area contributed by atoms with Gasteiger partial charge in [-0.25, -0.2) is 4.79 Å². The fourth-order valence-corrected chi connectivity index (χ4v) is 3.52. The number of esters is 1. The minimum Gasteiger partial charge on any atom is -0.465 e. The molecule has 0 aliphatic carbocycles. The predicted molar refractivity (Wildman–Crippen MR) is 126 cm³/mol. The second-order valence-electron chi connectivity index (χ2n) is 7.18. The van der Waals surface area contributed by atoms with Gasteiger partial charge in [0.2, 0.25) is 0 Å². The smallest absolute Gasteiger partial charge is 0.341 e. The van der Waals surface area contributed by atoms with Crippen LogP contribution in [0, 0.1) is 12.8 Å². The maximum absolute atomic E-state index is 11.7. The maximum atomic E-state index is 11.7. The first kappa shape index (κ1) is 24.2. The zero-order valence-electron chi connectivity index (χ0n) is 17.7. The lowest BCUT2D eigenvalue weighted by molar-refractivity contribution is 0.0599. The van der Waals surface area contributed by atoms with E-state index < -0.39 is 0 Å². The number of guanidine groups is 1. The average Bonchev–Trinajstić information content (AvgIpc) is 3.35. The van der Waals surface area contributed by atoms with E-state index in [1.807, 2.05) is 18.2 Å². The Balaban J connectivity index is 0.00000320. The van der Waals surface area contributed by atoms with E-state index in [-0.39, 0.29) is 29.9 Å². The molecule has 1 aliphatic heterocycles. The third-order valence-corrected chi connectivity index (χ3v) is 5.06. The summed E-state index contributed by atoms with van der Waals surface area (Å²) in [5.74, 6) is 2.14. The van der Waals surface area contributed by atoms with Gasteiger partial charge in [0.05, 0.1) is 26.9 Å². The Labute approximate surface area is 194 Å². The molecule has 1 aliphatic rings. The number of carbonyl (C=O) groups excluding carboxylic acids is 1. The van der Waals surface area contributed by atoms with Crippen LogP contribution in [-0.2, 0) is 22.6 Å². The Kier molecular flexibility index (Phi) is 9.64. The van der Waals surface area contributed by atoms with Crippen molar-refractivity contribution in [3.05, 3.63) is 59.0 Å². The fraction of sp³-hybridized carbons (Fsp3) is 0.455. The lowest BCUT2D eigenvalue weighted by Gasteiger charge is -2.21. The first-order valence-corrected chi connectivity index (χ1v) is 9.85. The quantitative estimate of drug-likeness (QED) is 0.257. The van der Waals surface area contributed by atoms with Gasteiger partial charge >= 0.3 is 5.97 Å². The summed E-state index contributed by atoms with van der Waals surface area (Å²) in [4.78, 5) is 18.3. The summed E-state index contributed by atoms with van der Waals surface area (Å²) in [7, 11) is 3.14. The number of ether oxygens (including phenoxy) is 2. The molecule has 0 spiro atoms. The minimum atomic E-state index is -0.389. The van der Waals surface area contributed by atoms with E-state index in [1.54, 1.807) is 20.0 Å². The number of carbonyl (C=O) groups is 1. The van der Waals surface area contributed by atoms with Crippen molar-refractivity contribution in [1.82, 2.24) is 10.2 Å². The van der Waals surface area contributed by atoms with Crippen LogP contribution in [0.25, 0.3) is 0 Å². The summed E-state index contributed by atoms with van der Waals surface area (Å²) in [6, 6.07) is 11.9. The van der Waals surface area contributed by atoms with Crippen LogP contribution >= 0.6 is 24.0 Å². The van der Waals surface area contributed by atoms with Gasteiger partial charge in [-0.3, -0.25) is 4.99 Å². The van der Waals surface area contributed by atoms with Crippen molar-refractivity contribution in [2.75, 3.05) is 33.9 Å². The summed E-state index contributed by atoms with van der Waals surface area (Å²) >= 11 is 0. The van der Waals surface area contributed by atoms with Crippen LogP contribution in [0.1, 0.15) is 33.9 Å². The van der Waals surface area contributed by atoms with E-state index in [2.05, 4.69) is 27.3 Å². The number of furan rings is 1. The molecule has 1 unspecified atom stereocenters. The summed E-state index contributed by atoms with van der Waals surface area (Å²) in [5, 5.41) is 3.32. The normalized spacial score (nSPS) is 16.3. The van der Waals surface area contributed by atoms with Crippen LogP contribution in [-0.4, -0.2) is 50.7 Å². The number of nitrogens with zero attached hydrogens (tertiary/aromatic N) is 2. The SMILES string of the molecule is CN=C(NCc1cc(C(=O)OC)c(C)o1)N1CCC(COCc2ccccc2)C1.I. The zero-order chi connectivity index (χ0) is 20.6. The summed E-state index contributed by atoms with van der Waals surface area (Å²) in [5.41, 5.74) is 1.65. The molecule has 1 atom stereocenters. The molecule has 30 heavy (non-hydrogen) atoms. The summed E-state index contributed by atoms with van der Waals surface area (Å²) < 4.78 is 16.3. The minimum absolute atomic E-state index is 0. The van der Waals surface area contributed by atoms with E-state index in [1.165, 1.54) is 12.7 Å². The van der Waals surface area contributed by atoms with Gasteiger partial charge in [0.25, 0.3) is 0 Å². The van der Waals surface area contributed by atoms with Gasteiger partial charge in [-0.05, 0) is 25.0 Å². The second kappa shape index (κ2) is 11.9. The van der Waals surface area contributed by atoms with Crippen molar-refractivity contribution in [2.45, 2.75) is 26.5 Å². The Morgan fingerprint density at radius 3 is 2.80 bits per heavy atom. The van der Waals surface area contributed by atoms with Gasteiger partial charge in [0.1, 0.15) is 17.1 Å². The fourth-order valence-electron chi connectivity index (χ4n) is 3.52. The molecule has 0 radical (unpaired) electrons. The number of hydrogen-bond acceptors (Lipinski definition) is 5. The number of hydrogen-bond donors (Lipinski definition) is 1. The number of rotatable bonds is 7. The molecule has 1 aromatic heterocycles. The van der Waals surface area contributed by atoms with Gasteiger partial charge < -0.3 is 24.1 Å². The van der Waals surface area contributed by atoms with E-state index in [0.29, 0.717) is 36.2 Å². The number of halogens is 1. The molecule has 2 aromatic rings. The highest BCUT2D eigenvalue weighted by Crippen LogP contribution is 2.19. The molecule has 1 saturated heterocycles. The van der Waals surface area contributed by atoms with Crippen molar-refractivity contribution in [1.29, 1.82) is 0 Å². The van der Waals surface area contributed by atoms with Crippen molar-refractivity contribution >= 4 is 35.9 Å². The largest absolute Gasteiger partial charge is 0.465 e. The van der Waals surface area contributed by atoms with E-state index in [4.69, 9.17) is 13.9 Å². The predicted octanol–water partition coefficient (Wildman–Crippen LogP) is 3.61. The number of aliphatic imine (C=N–C) groups is 1. The van der Waals surface area contributed by atoms with Crippen LogP contribution in [0.2, 0.25) is 0 Å². The lowest BCUT2D eigenvalue weighted by Crippen LogP contribution is -2.39. The highest BCUT2D eigenvalue weighted by Gasteiger charge is 2.25. The van der Waals surface area contributed by atoms with Gasteiger partial charge in [-0.1, -0.05) is 30.3 Å². The van der Waals surface area contributed by atoms with Crippen LogP contribution in [0.3, 0.4) is 0 Å². The van der Waals surface area contributed by atoms with E-state index >= 15 is 0 Å². The Hall–Kier alpha value is -2.07. The molecule has 0 saturated carbocycles. The Bertz CT molecular complexity index is 838. The molecule has 3 rings (SSSR count). The molecule has 1 N–H and O–H groups in total. The van der Waals surface area contributed by atoms with Crippen molar-refractivity contribution in [3.63, 3.8) is 0 Å². The number of methoxy groups -OCH3 is 1. The van der Waals surface area contributed by atoms with Gasteiger partial charge in [-0.15, -0.1) is 24.0 Å². The standard InChI is InChI=1S/C22H29N3O4.HI/c1-16-20(21(26)27-3)11-19(29-16)12-24-22(23-2)25-10-9-18(13-25)15-28-14-17-7-5-4-6-8-17;/h4-8,11,18H,9-10,12-15H2,1-3H3,(H,23,24);1H. The summed E-state index contributed by atoms with van der Waals surface area (Å²) in [6.07, 6.45) is 1.07. The molecular formula is C22H30IN3O4. The van der Waals surface area contributed by atoms with Gasteiger partial charge in [0, 0.05) is 26.1 Å². The molecule has 7 nitrogen and oxygen atoms in total. The van der Waals surface area contributed by atoms with Crippen LogP contribution in [0.4, 0.5) is 0 Å². The van der Waals surface area contributed by atoms with Gasteiger partial charge in [0.15, 0.2) is 5.96 Å². The molecule has 1 fully saturated rings. The number of nitrogens with one attached hydrogen (secondary N) is 1. The molecule has 8 heteroatoms. The van der Waals surface area contributed by atoms with E-state index in [9.17, 15) is 4.79 Å². The maximum Gasteiger partial charge on any atom is 0.341 e. The number of likely N-dealkylation sites (tertiary alicyclic amines) is 1. The molecule has 1 aromatic carbocycles. The molecule has 2 heterocycles. The topological polar surface area (TPSA) is 76.3 Å². The molecular weight excluding hydrogens is 497 g/mol. The third-order valence-electron chi connectivity index (χ3n) is 5.06. The first-order valence-electron chi connectivity index (χ1n) is 9.85. The average molecular weight is 527 g/mol. The highest BCUT2D eigenvalue weighted by molar-refractivity contribution is 14.0. The van der Waals surface area contributed by atoms with Crippen molar-refractivity contribution in [3.8, 4) is 0 Å². The lowest BCUT2D eigenvalue weighted by atomic mass is 10.1. The number of benzene rings is 1. The van der Waals surface area contributed by atoms with Crippen molar-refractivity contribution < 1.29 is 18.7 Å².